The predicted octanol–water partition coefficient (Wildman–Crippen LogP) is 3.04. The van der Waals surface area contributed by atoms with Crippen molar-refractivity contribution in [1.29, 1.82) is 0 Å². The molecule has 0 saturated carbocycles. The fourth-order valence-electron chi connectivity index (χ4n) is 1.23. The number of fused-ring (bicyclic) bond motifs is 1. The summed E-state index contributed by atoms with van der Waals surface area (Å²) in [7, 11) is 0. The van der Waals surface area contributed by atoms with Gasteiger partial charge in [0.2, 0.25) is 0 Å². The fraction of sp³-hybridized carbons (Fsp3) is 0.250. The van der Waals surface area contributed by atoms with Crippen LogP contribution >= 0.6 is 34.2 Å². The normalized spacial score (nSPS) is 13.5. The number of hydrogen-bond donors (Lipinski definition) is 0. The van der Waals surface area contributed by atoms with Gasteiger partial charge in [-0.25, -0.2) is 9.97 Å². The molecule has 1 atom stereocenters. The molecule has 3 nitrogen and oxygen atoms in total. The number of hydrogen-bond acceptors (Lipinski definition) is 2. The maximum Gasteiger partial charge on any atom is 0.145 e. The van der Waals surface area contributed by atoms with E-state index < -0.39 is 0 Å². The first kappa shape index (κ1) is 9.21. The summed E-state index contributed by atoms with van der Waals surface area (Å²) in [5.74, 6) is 0. The molecule has 0 aliphatic carbocycles. The van der Waals surface area contributed by atoms with Crippen molar-refractivity contribution in [3.8, 4) is 0 Å². The number of aromatic nitrogens is 3. The lowest BCUT2D eigenvalue weighted by Crippen LogP contribution is -1.96. The molecule has 0 aliphatic rings. The topological polar surface area (TPSA) is 30.7 Å². The molecule has 0 N–H and O–H groups in total. The van der Waals surface area contributed by atoms with E-state index in [9.17, 15) is 0 Å². The predicted molar refractivity (Wildman–Crippen MR) is 61.3 cm³/mol. The summed E-state index contributed by atoms with van der Waals surface area (Å²) in [5.41, 5.74) is 0.891. The number of rotatable bonds is 1. The summed E-state index contributed by atoms with van der Waals surface area (Å²) >= 11 is 8.23. The third-order valence-electron chi connectivity index (χ3n) is 1.84. The van der Waals surface area contributed by atoms with Crippen LogP contribution < -0.4 is 0 Å². The first-order chi connectivity index (χ1) is 6.20. The molecule has 2 rings (SSSR count). The standard InChI is InChI=1S/C8H7ClIN3/c1-5(10)13-3-2-6-7(9)11-4-12-8(6)13/h2-5H,1H3. The van der Waals surface area contributed by atoms with Gasteiger partial charge in [0.1, 0.15) is 17.1 Å². The Morgan fingerprint density at radius 3 is 3.00 bits per heavy atom. The van der Waals surface area contributed by atoms with Gasteiger partial charge in [0.15, 0.2) is 0 Å². The molecule has 0 amide bonds. The summed E-state index contributed by atoms with van der Waals surface area (Å²) in [6.07, 6.45) is 3.46. The summed E-state index contributed by atoms with van der Waals surface area (Å²) in [6, 6.07) is 1.94. The summed E-state index contributed by atoms with van der Waals surface area (Å²) in [5, 5.41) is 1.42. The molecule has 0 saturated heterocycles. The number of alkyl halides is 1. The van der Waals surface area contributed by atoms with E-state index in [0.29, 0.717) is 9.20 Å². The first-order valence-electron chi connectivity index (χ1n) is 3.81. The Kier molecular flexibility index (Phi) is 2.42. The SMILES string of the molecule is CC(I)n1ccc2c(Cl)ncnc21. The van der Waals surface area contributed by atoms with Crippen LogP contribution in [-0.4, -0.2) is 14.5 Å². The minimum Gasteiger partial charge on any atom is -0.320 e. The van der Waals surface area contributed by atoms with E-state index in [1.807, 2.05) is 12.3 Å². The van der Waals surface area contributed by atoms with Crippen LogP contribution in [0.3, 0.4) is 0 Å². The van der Waals surface area contributed by atoms with Gasteiger partial charge >= 0.3 is 0 Å². The fourth-order valence-corrected chi connectivity index (χ4v) is 1.87. The Balaban J connectivity index is 2.75. The molecule has 0 aliphatic heterocycles. The smallest absolute Gasteiger partial charge is 0.145 e. The molecule has 0 aromatic carbocycles. The maximum absolute atomic E-state index is 5.91. The van der Waals surface area contributed by atoms with Crippen LogP contribution in [0.5, 0.6) is 0 Å². The Bertz CT molecular complexity index is 438. The first-order valence-corrected chi connectivity index (χ1v) is 5.43. The molecule has 5 heteroatoms. The van der Waals surface area contributed by atoms with E-state index in [1.165, 1.54) is 6.33 Å². The minimum atomic E-state index is 0.362. The molecule has 0 spiro atoms. The quantitative estimate of drug-likeness (QED) is 0.460. The molecule has 2 aromatic rings. The van der Waals surface area contributed by atoms with Crippen LogP contribution in [0.25, 0.3) is 11.0 Å². The molecule has 0 radical (unpaired) electrons. The summed E-state index contributed by atoms with van der Waals surface area (Å²) in [4.78, 5) is 8.10. The Hall–Kier alpha value is -0.360. The zero-order chi connectivity index (χ0) is 9.42. The van der Waals surface area contributed by atoms with Gasteiger partial charge in [-0.3, -0.25) is 0 Å². The van der Waals surface area contributed by atoms with Crippen molar-refractivity contribution in [2.75, 3.05) is 0 Å². The average Bonchev–Trinajstić information content (AvgIpc) is 2.48. The second kappa shape index (κ2) is 3.42. The van der Waals surface area contributed by atoms with Crippen molar-refractivity contribution in [3.63, 3.8) is 0 Å². The number of halogens is 2. The van der Waals surface area contributed by atoms with Crippen LogP contribution in [-0.2, 0) is 0 Å². The van der Waals surface area contributed by atoms with E-state index in [0.717, 1.165) is 11.0 Å². The maximum atomic E-state index is 5.91. The second-order valence-corrected chi connectivity index (χ2v) is 4.86. The van der Waals surface area contributed by atoms with E-state index in [-0.39, 0.29) is 0 Å². The summed E-state index contributed by atoms with van der Waals surface area (Å²) < 4.78 is 2.42. The highest BCUT2D eigenvalue weighted by molar-refractivity contribution is 14.1. The molecule has 1 unspecified atom stereocenters. The molecule has 2 aromatic heterocycles. The van der Waals surface area contributed by atoms with Crippen molar-refractivity contribution < 1.29 is 0 Å². The molecule has 68 valence electrons. The monoisotopic (exact) mass is 307 g/mol. The van der Waals surface area contributed by atoms with E-state index in [4.69, 9.17) is 11.6 Å². The lowest BCUT2D eigenvalue weighted by atomic mass is 10.4. The summed E-state index contributed by atoms with van der Waals surface area (Å²) in [6.45, 7) is 2.09. The largest absolute Gasteiger partial charge is 0.320 e. The van der Waals surface area contributed by atoms with Crippen LogP contribution in [0.4, 0.5) is 0 Å². The minimum absolute atomic E-state index is 0.362. The second-order valence-electron chi connectivity index (χ2n) is 2.70. The van der Waals surface area contributed by atoms with Gasteiger partial charge in [0, 0.05) is 6.20 Å². The van der Waals surface area contributed by atoms with Gasteiger partial charge in [-0.15, -0.1) is 0 Å². The van der Waals surface area contributed by atoms with Crippen molar-refractivity contribution >= 4 is 45.2 Å². The average molecular weight is 308 g/mol. The van der Waals surface area contributed by atoms with Gasteiger partial charge in [-0.2, -0.15) is 0 Å². The Morgan fingerprint density at radius 2 is 2.31 bits per heavy atom. The van der Waals surface area contributed by atoms with Crippen LogP contribution in [0, 0.1) is 0 Å². The van der Waals surface area contributed by atoms with Crippen LogP contribution in [0.15, 0.2) is 18.6 Å². The number of nitrogens with zero attached hydrogens (tertiary/aromatic N) is 3. The molecular formula is C8H7ClIN3. The lowest BCUT2D eigenvalue weighted by molar-refractivity contribution is 0.792. The van der Waals surface area contributed by atoms with Crippen molar-refractivity contribution in [2.24, 2.45) is 0 Å². The van der Waals surface area contributed by atoms with Gasteiger partial charge < -0.3 is 4.57 Å². The van der Waals surface area contributed by atoms with Crippen molar-refractivity contribution in [3.05, 3.63) is 23.7 Å². The van der Waals surface area contributed by atoms with Gasteiger partial charge in [0.05, 0.1) is 9.43 Å². The van der Waals surface area contributed by atoms with Crippen molar-refractivity contribution in [1.82, 2.24) is 14.5 Å². The zero-order valence-electron chi connectivity index (χ0n) is 6.91. The third kappa shape index (κ3) is 1.52. The Labute approximate surface area is 94.3 Å². The molecule has 13 heavy (non-hydrogen) atoms. The highest BCUT2D eigenvalue weighted by Gasteiger charge is 2.08. The van der Waals surface area contributed by atoms with Crippen LogP contribution in [0.1, 0.15) is 11.0 Å². The molecule has 2 heterocycles. The Morgan fingerprint density at radius 1 is 1.54 bits per heavy atom. The van der Waals surface area contributed by atoms with Crippen LogP contribution in [0.2, 0.25) is 5.15 Å². The zero-order valence-corrected chi connectivity index (χ0v) is 9.82. The van der Waals surface area contributed by atoms with E-state index >= 15 is 0 Å². The third-order valence-corrected chi connectivity index (χ3v) is 2.75. The highest BCUT2D eigenvalue weighted by atomic mass is 127. The van der Waals surface area contributed by atoms with Crippen molar-refractivity contribution in [2.45, 2.75) is 11.0 Å². The van der Waals surface area contributed by atoms with Gasteiger partial charge in [-0.1, -0.05) is 34.2 Å². The molecular weight excluding hydrogens is 300 g/mol. The van der Waals surface area contributed by atoms with Gasteiger partial charge in [0.25, 0.3) is 0 Å². The molecule has 0 fully saturated rings. The van der Waals surface area contributed by atoms with E-state index in [2.05, 4.69) is 44.0 Å². The van der Waals surface area contributed by atoms with E-state index in [1.54, 1.807) is 0 Å². The highest BCUT2D eigenvalue weighted by Crippen LogP contribution is 2.25. The van der Waals surface area contributed by atoms with Gasteiger partial charge in [-0.05, 0) is 13.0 Å². The lowest BCUT2D eigenvalue weighted by Gasteiger charge is -2.05. The molecule has 0 bridgehead atoms.